The number of carbonyl (C=O) groups is 3. The number of carbonyl (C=O) groups excluding carboxylic acids is 3. The molecule has 3 rings (SSSR count). The molecule has 0 bridgehead atoms. The summed E-state index contributed by atoms with van der Waals surface area (Å²) in [5.74, 6) is -1.94. The summed E-state index contributed by atoms with van der Waals surface area (Å²) in [6.45, 7) is -0.0755. The molecule has 2 aromatic rings. The molecule has 8 heteroatoms. The van der Waals surface area contributed by atoms with Crippen LogP contribution in [0.2, 0.25) is 0 Å². The highest BCUT2D eigenvalue weighted by Crippen LogP contribution is 2.26. The molecule has 0 saturated heterocycles. The molecule has 25 heavy (non-hydrogen) atoms. The van der Waals surface area contributed by atoms with E-state index >= 15 is 0 Å². The molecule has 0 saturated carbocycles. The van der Waals surface area contributed by atoms with Gasteiger partial charge in [0.15, 0.2) is 0 Å². The summed E-state index contributed by atoms with van der Waals surface area (Å²) < 4.78 is 15.0. The Morgan fingerprint density at radius 3 is 2.36 bits per heavy atom. The Morgan fingerprint density at radius 2 is 1.64 bits per heavy atom. The first-order valence-corrected chi connectivity index (χ1v) is 8.86. The lowest BCUT2D eigenvalue weighted by atomic mass is 10.1. The molecule has 0 unspecified atom stereocenters. The van der Waals surface area contributed by atoms with Crippen LogP contribution in [0.5, 0.6) is 0 Å². The van der Waals surface area contributed by atoms with Crippen LogP contribution in [0.4, 0.5) is 10.1 Å². The molecular weight excluding hydrogens is 459 g/mol. The van der Waals surface area contributed by atoms with Crippen LogP contribution in [-0.4, -0.2) is 29.2 Å². The van der Waals surface area contributed by atoms with Crippen molar-refractivity contribution in [2.75, 3.05) is 11.9 Å². The lowest BCUT2D eigenvalue weighted by Crippen LogP contribution is -2.32. The van der Waals surface area contributed by atoms with E-state index in [1.165, 1.54) is 12.1 Å². The fourth-order valence-electron chi connectivity index (χ4n) is 2.48. The molecule has 1 heterocycles. The number of hydrogen-bond donors (Lipinski definition) is 1. The van der Waals surface area contributed by atoms with E-state index in [1.54, 1.807) is 24.3 Å². The fourth-order valence-corrected chi connectivity index (χ4v) is 3.18. The zero-order valence-electron chi connectivity index (χ0n) is 12.7. The maximum Gasteiger partial charge on any atom is 0.261 e. The number of halogens is 3. The predicted molar refractivity (Wildman–Crippen MR) is 96.9 cm³/mol. The molecule has 2 aromatic carbocycles. The summed E-state index contributed by atoms with van der Waals surface area (Å²) in [5.41, 5.74) is 0.658. The Kier molecular flexibility index (Phi) is 5.01. The normalized spacial score (nSPS) is 13.2. The van der Waals surface area contributed by atoms with Gasteiger partial charge in [-0.15, -0.1) is 0 Å². The van der Waals surface area contributed by atoms with E-state index < -0.39 is 23.5 Å². The quantitative estimate of drug-likeness (QED) is 0.689. The first-order valence-electron chi connectivity index (χ1n) is 7.27. The predicted octanol–water partition coefficient (Wildman–Crippen LogP) is 3.98. The Morgan fingerprint density at radius 1 is 1.00 bits per heavy atom. The molecule has 0 atom stereocenters. The zero-order valence-corrected chi connectivity index (χ0v) is 15.9. The van der Waals surface area contributed by atoms with Crippen LogP contribution in [-0.2, 0) is 4.79 Å². The fraction of sp³-hybridized carbons (Fsp3) is 0.118. The van der Waals surface area contributed by atoms with Crippen LogP contribution in [0.15, 0.2) is 45.3 Å². The third-order valence-electron chi connectivity index (χ3n) is 3.70. The first kappa shape index (κ1) is 17.8. The highest BCUT2D eigenvalue weighted by molar-refractivity contribution is 9.10. The number of hydrogen-bond acceptors (Lipinski definition) is 3. The largest absolute Gasteiger partial charge is 0.324 e. The van der Waals surface area contributed by atoms with Gasteiger partial charge in [-0.1, -0.05) is 31.9 Å². The number of fused-ring (bicyclic) bond motifs is 1. The Labute approximate surface area is 159 Å². The van der Waals surface area contributed by atoms with Gasteiger partial charge in [0.05, 0.1) is 16.8 Å². The molecule has 5 nitrogen and oxygen atoms in total. The van der Waals surface area contributed by atoms with Crippen molar-refractivity contribution in [3.8, 4) is 0 Å². The maximum atomic E-state index is 13.7. The minimum absolute atomic E-state index is 0.0412. The average molecular weight is 470 g/mol. The van der Waals surface area contributed by atoms with Crippen molar-refractivity contribution in [1.82, 2.24) is 4.90 Å². The SMILES string of the molecule is O=C(CCN1C(=O)c2ccc(Br)cc2C1=O)Nc1ccc(Br)cc1F. The van der Waals surface area contributed by atoms with Crippen molar-refractivity contribution < 1.29 is 18.8 Å². The van der Waals surface area contributed by atoms with Crippen LogP contribution in [0.1, 0.15) is 27.1 Å². The van der Waals surface area contributed by atoms with Crippen molar-refractivity contribution in [1.29, 1.82) is 0 Å². The number of anilines is 1. The summed E-state index contributed by atoms with van der Waals surface area (Å²) >= 11 is 6.39. The van der Waals surface area contributed by atoms with Gasteiger partial charge in [0.1, 0.15) is 5.82 Å². The molecule has 0 fully saturated rings. The molecule has 3 amide bonds. The number of rotatable bonds is 4. The van der Waals surface area contributed by atoms with Gasteiger partial charge in [0.25, 0.3) is 11.8 Å². The van der Waals surface area contributed by atoms with Crippen molar-refractivity contribution in [3.63, 3.8) is 0 Å². The van der Waals surface area contributed by atoms with E-state index in [1.807, 2.05) is 0 Å². The van der Waals surface area contributed by atoms with Crippen LogP contribution in [0.3, 0.4) is 0 Å². The van der Waals surface area contributed by atoms with Crippen molar-refractivity contribution in [2.24, 2.45) is 0 Å². The minimum atomic E-state index is -0.576. The smallest absolute Gasteiger partial charge is 0.261 e. The number of nitrogens with one attached hydrogen (secondary N) is 1. The maximum absolute atomic E-state index is 13.7. The highest BCUT2D eigenvalue weighted by Gasteiger charge is 2.35. The molecule has 0 radical (unpaired) electrons. The molecule has 0 aliphatic carbocycles. The van der Waals surface area contributed by atoms with E-state index in [9.17, 15) is 18.8 Å². The molecular formula is C17H11Br2FN2O3. The standard InChI is InChI=1S/C17H11Br2FN2O3/c18-9-1-3-11-12(7-9)17(25)22(16(11)24)6-5-15(23)21-14-4-2-10(19)8-13(14)20/h1-4,7-8H,5-6H2,(H,21,23). The van der Waals surface area contributed by atoms with Gasteiger partial charge in [-0.2, -0.15) is 0 Å². The third kappa shape index (κ3) is 3.64. The van der Waals surface area contributed by atoms with E-state index in [0.29, 0.717) is 20.1 Å². The van der Waals surface area contributed by atoms with Gasteiger partial charge in [0, 0.05) is 21.9 Å². The van der Waals surface area contributed by atoms with Crippen molar-refractivity contribution in [3.05, 3.63) is 62.3 Å². The van der Waals surface area contributed by atoms with Crippen LogP contribution in [0, 0.1) is 5.82 Å². The monoisotopic (exact) mass is 468 g/mol. The Bertz CT molecular complexity index is 901. The van der Waals surface area contributed by atoms with Crippen molar-refractivity contribution in [2.45, 2.75) is 6.42 Å². The topological polar surface area (TPSA) is 66.5 Å². The molecule has 0 spiro atoms. The van der Waals surface area contributed by atoms with Gasteiger partial charge in [-0.25, -0.2) is 4.39 Å². The molecule has 1 aliphatic heterocycles. The Balaban J connectivity index is 1.65. The molecule has 1 N–H and O–H groups in total. The van der Waals surface area contributed by atoms with Crippen LogP contribution in [0.25, 0.3) is 0 Å². The second kappa shape index (κ2) is 7.05. The van der Waals surface area contributed by atoms with Gasteiger partial charge in [-0.05, 0) is 36.4 Å². The van der Waals surface area contributed by atoms with Gasteiger partial charge >= 0.3 is 0 Å². The van der Waals surface area contributed by atoms with Crippen molar-refractivity contribution >= 4 is 55.3 Å². The van der Waals surface area contributed by atoms with Gasteiger partial charge in [0.2, 0.25) is 5.91 Å². The van der Waals surface area contributed by atoms with E-state index in [0.717, 1.165) is 4.90 Å². The molecule has 1 aliphatic rings. The zero-order chi connectivity index (χ0) is 18.1. The summed E-state index contributed by atoms with van der Waals surface area (Å²) in [5, 5.41) is 2.43. The number of imide groups is 1. The van der Waals surface area contributed by atoms with Crippen LogP contribution >= 0.6 is 31.9 Å². The number of amides is 3. The lowest BCUT2D eigenvalue weighted by Gasteiger charge is -2.13. The van der Waals surface area contributed by atoms with E-state index in [4.69, 9.17) is 0 Å². The number of nitrogens with zero attached hydrogens (tertiary/aromatic N) is 1. The third-order valence-corrected chi connectivity index (χ3v) is 4.69. The summed E-state index contributed by atoms with van der Waals surface area (Å²) in [7, 11) is 0. The summed E-state index contributed by atoms with van der Waals surface area (Å²) in [4.78, 5) is 37.6. The second-order valence-corrected chi connectivity index (χ2v) is 7.21. The second-order valence-electron chi connectivity index (χ2n) is 5.37. The van der Waals surface area contributed by atoms with E-state index in [2.05, 4.69) is 37.2 Å². The molecule has 128 valence electrons. The van der Waals surface area contributed by atoms with E-state index in [-0.39, 0.29) is 18.7 Å². The minimum Gasteiger partial charge on any atom is -0.324 e. The van der Waals surface area contributed by atoms with Gasteiger partial charge in [-0.3, -0.25) is 19.3 Å². The highest BCUT2D eigenvalue weighted by atomic mass is 79.9. The first-order chi connectivity index (χ1) is 11.9. The molecule has 0 aromatic heterocycles. The average Bonchev–Trinajstić information content (AvgIpc) is 2.79. The van der Waals surface area contributed by atoms with Crippen LogP contribution < -0.4 is 5.32 Å². The lowest BCUT2D eigenvalue weighted by molar-refractivity contribution is -0.116. The Hall–Kier alpha value is -2.06. The summed E-state index contributed by atoms with van der Waals surface area (Å²) in [6, 6.07) is 9.08. The van der Waals surface area contributed by atoms with Gasteiger partial charge < -0.3 is 5.32 Å². The number of benzene rings is 2. The summed E-state index contributed by atoms with van der Waals surface area (Å²) in [6.07, 6.45) is -0.123.